The quantitative estimate of drug-likeness (QED) is 0.307. The van der Waals surface area contributed by atoms with Crippen molar-refractivity contribution < 1.29 is 34.0 Å². The van der Waals surface area contributed by atoms with Crippen LogP contribution in [0.15, 0.2) is 42.5 Å². The predicted octanol–water partition coefficient (Wildman–Crippen LogP) is 3.43. The number of carbonyl (C=O) groups excluding carboxylic acids is 1. The predicted molar refractivity (Wildman–Crippen MR) is 159 cm³/mol. The largest absolute Gasteiger partial charge is 0.493 e. The number of rotatable bonds is 16. The maximum absolute atomic E-state index is 13.7. The summed E-state index contributed by atoms with van der Waals surface area (Å²) in [5.41, 5.74) is 1.53. The van der Waals surface area contributed by atoms with Gasteiger partial charge in [0.25, 0.3) is 0 Å². The first kappa shape index (κ1) is 31.6. The van der Waals surface area contributed by atoms with Crippen molar-refractivity contribution >= 4 is 11.9 Å². The third kappa shape index (κ3) is 7.93. The van der Waals surface area contributed by atoms with Crippen LogP contribution in [0.5, 0.6) is 17.2 Å². The van der Waals surface area contributed by atoms with Gasteiger partial charge in [0, 0.05) is 37.2 Å². The van der Waals surface area contributed by atoms with Crippen molar-refractivity contribution in [3.8, 4) is 17.2 Å². The molecule has 0 unspecified atom stereocenters. The number of ether oxygens (including phenoxy) is 3. The zero-order valence-corrected chi connectivity index (χ0v) is 25.0. The maximum atomic E-state index is 13.7. The molecule has 2 aromatic rings. The highest BCUT2D eigenvalue weighted by atomic mass is 16.7. The Morgan fingerprint density at radius 1 is 1.05 bits per heavy atom. The number of likely N-dealkylation sites (tertiary alicyclic amines) is 1. The zero-order chi connectivity index (χ0) is 30.1. The molecule has 2 aromatic carbocycles. The number of aliphatic carboxylic acids is 1. The third-order valence-electron chi connectivity index (χ3n) is 8.18. The third-order valence-corrected chi connectivity index (χ3v) is 8.18. The van der Waals surface area contributed by atoms with Gasteiger partial charge in [0.1, 0.15) is 5.75 Å². The molecule has 2 heterocycles. The number of carboxylic acid groups (broad SMARTS) is 1. The Morgan fingerprint density at radius 3 is 2.55 bits per heavy atom. The number of hydrogen-bond donors (Lipinski definition) is 2. The van der Waals surface area contributed by atoms with E-state index in [0.29, 0.717) is 48.9 Å². The average molecular weight is 584 g/mol. The molecule has 10 heteroatoms. The molecule has 0 aromatic heterocycles. The molecule has 1 amide bonds. The SMILES string of the molecule is CCCCN(CCCN(C)C)C(=O)CN1C[C@H](c2ccc3c(c2)OCO3)[C@@H](C(=O)O)[C@@H]1CCOc1ccccc1CO. The number of benzene rings is 2. The summed E-state index contributed by atoms with van der Waals surface area (Å²) in [6.07, 6.45) is 3.21. The highest BCUT2D eigenvalue weighted by Crippen LogP contribution is 2.42. The number of para-hydroxylation sites is 1. The number of nitrogens with zero attached hydrogens (tertiary/aromatic N) is 3. The lowest BCUT2D eigenvalue weighted by Crippen LogP contribution is -2.45. The fraction of sp³-hybridized carbons (Fsp3) is 0.562. The second-order valence-electron chi connectivity index (χ2n) is 11.4. The maximum Gasteiger partial charge on any atom is 0.308 e. The van der Waals surface area contributed by atoms with Gasteiger partial charge in [-0.3, -0.25) is 14.5 Å². The van der Waals surface area contributed by atoms with Crippen LogP contribution in [0.2, 0.25) is 0 Å². The van der Waals surface area contributed by atoms with E-state index < -0.39 is 17.9 Å². The van der Waals surface area contributed by atoms with Gasteiger partial charge in [0.2, 0.25) is 12.7 Å². The van der Waals surface area contributed by atoms with Gasteiger partial charge < -0.3 is 34.2 Å². The topological polar surface area (TPSA) is 112 Å². The molecule has 0 bridgehead atoms. The Hall–Kier alpha value is -3.34. The van der Waals surface area contributed by atoms with Gasteiger partial charge in [-0.1, -0.05) is 37.6 Å². The molecule has 2 aliphatic heterocycles. The molecule has 10 nitrogen and oxygen atoms in total. The van der Waals surface area contributed by atoms with E-state index in [1.807, 2.05) is 54.2 Å². The Labute approximate surface area is 248 Å². The first-order valence-corrected chi connectivity index (χ1v) is 14.9. The molecule has 42 heavy (non-hydrogen) atoms. The van der Waals surface area contributed by atoms with Gasteiger partial charge >= 0.3 is 5.97 Å². The van der Waals surface area contributed by atoms with Crippen LogP contribution in [0.25, 0.3) is 0 Å². The summed E-state index contributed by atoms with van der Waals surface area (Å²) in [6.45, 7) is 5.19. The Morgan fingerprint density at radius 2 is 1.81 bits per heavy atom. The van der Waals surface area contributed by atoms with Crippen molar-refractivity contribution in [3.05, 3.63) is 53.6 Å². The molecule has 0 radical (unpaired) electrons. The van der Waals surface area contributed by atoms with Gasteiger partial charge in [0.15, 0.2) is 11.5 Å². The van der Waals surface area contributed by atoms with E-state index in [1.54, 1.807) is 12.1 Å². The Bertz CT molecular complexity index is 1190. The van der Waals surface area contributed by atoms with Gasteiger partial charge in [0.05, 0.1) is 25.7 Å². The monoisotopic (exact) mass is 583 g/mol. The first-order chi connectivity index (χ1) is 20.3. The minimum absolute atomic E-state index is 0.0224. The van der Waals surface area contributed by atoms with Crippen LogP contribution in [0, 0.1) is 5.92 Å². The van der Waals surface area contributed by atoms with Gasteiger partial charge in [-0.05, 0) is 63.7 Å². The molecule has 0 aliphatic carbocycles. The molecule has 4 rings (SSSR count). The van der Waals surface area contributed by atoms with E-state index in [0.717, 1.165) is 31.4 Å². The second kappa shape index (κ2) is 15.2. The molecule has 230 valence electrons. The Balaban J connectivity index is 1.56. The van der Waals surface area contributed by atoms with Crippen LogP contribution in [-0.2, 0) is 16.2 Å². The number of carboxylic acids is 1. The number of carbonyl (C=O) groups is 2. The van der Waals surface area contributed by atoms with Crippen molar-refractivity contribution in [2.45, 2.75) is 51.2 Å². The number of amides is 1. The molecule has 0 saturated carbocycles. The van der Waals surface area contributed by atoms with E-state index in [-0.39, 0.29) is 38.4 Å². The summed E-state index contributed by atoms with van der Waals surface area (Å²) in [4.78, 5) is 32.6. The van der Waals surface area contributed by atoms with Crippen LogP contribution >= 0.6 is 0 Å². The first-order valence-electron chi connectivity index (χ1n) is 14.9. The van der Waals surface area contributed by atoms with Crippen LogP contribution in [0.1, 0.15) is 49.7 Å². The number of aliphatic hydroxyl groups excluding tert-OH is 1. The summed E-state index contributed by atoms with van der Waals surface area (Å²) in [6, 6.07) is 12.4. The number of aliphatic hydroxyl groups is 1. The van der Waals surface area contributed by atoms with Crippen molar-refractivity contribution in [2.75, 3.05) is 60.2 Å². The molecule has 2 aliphatic rings. The molecular weight excluding hydrogens is 538 g/mol. The second-order valence-corrected chi connectivity index (χ2v) is 11.4. The van der Waals surface area contributed by atoms with Crippen molar-refractivity contribution in [1.82, 2.24) is 14.7 Å². The molecular formula is C32H45N3O7. The molecule has 1 saturated heterocycles. The number of unbranched alkanes of at least 4 members (excludes halogenated alkanes) is 1. The van der Waals surface area contributed by atoms with E-state index in [4.69, 9.17) is 14.2 Å². The lowest BCUT2D eigenvalue weighted by molar-refractivity contribution is -0.144. The van der Waals surface area contributed by atoms with Gasteiger partial charge in [-0.15, -0.1) is 0 Å². The normalized spacial score (nSPS) is 19.8. The fourth-order valence-electron chi connectivity index (χ4n) is 5.96. The molecule has 2 N–H and O–H groups in total. The Kier molecular flexibility index (Phi) is 11.5. The number of hydrogen-bond acceptors (Lipinski definition) is 8. The molecule has 0 spiro atoms. The van der Waals surface area contributed by atoms with Crippen LogP contribution < -0.4 is 14.2 Å². The summed E-state index contributed by atoms with van der Waals surface area (Å²) >= 11 is 0. The van der Waals surface area contributed by atoms with E-state index >= 15 is 0 Å². The number of fused-ring (bicyclic) bond motifs is 1. The highest BCUT2D eigenvalue weighted by molar-refractivity contribution is 5.79. The smallest absolute Gasteiger partial charge is 0.308 e. The minimum Gasteiger partial charge on any atom is -0.493 e. The van der Waals surface area contributed by atoms with Crippen LogP contribution in [0.3, 0.4) is 0 Å². The standard InChI is InChI=1S/C32H45N3O7/c1-4-5-15-34(16-8-14-33(2)3)30(37)20-35-19-25(23-11-12-28-29(18-23)42-22-41-28)31(32(38)39)26(35)13-17-40-27-10-7-6-9-24(27)21-36/h6-7,9-12,18,25-26,31,36H,4-5,8,13-17,19-22H2,1-3H3,(H,38,39)/t25-,26+,31-/m1/s1. The van der Waals surface area contributed by atoms with E-state index in [1.165, 1.54) is 0 Å². The van der Waals surface area contributed by atoms with E-state index in [2.05, 4.69) is 11.8 Å². The van der Waals surface area contributed by atoms with Crippen molar-refractivity contribution in [1.29, 1.82) is 0 Å². The summed E-state index contributed by atoms with van der Waals surface area (Å²) in [5, 5.41) is 20.2. The summed E-state index contributed by atoms with van der Waals surface area (Å²) < 4.78 is 17.1. The summed E-state index contributed by atoms with van der Waals surface area (Å²) in [7, 11) is 4.05. The average Bonchev–Trinajstić information content (AvgIpc) is 3.59. The van der Waals surface area contributed by atoms with Gasteiger partial charge in [-0.2, -0.15) is 0 Å². The summed E-state index contributed by atoms with van der Waals surface area (Å²) in [5.74, 6) is -0.126. The highest BCUT2D eigenvalue weighted by Gasteiger charge is 2.47. The van der Waals surface area contributed by atoms with Crippen molar-refractivity contribution in [2.24, 2.45) is 5.92 Å². The van der Waals surface area contributed by atoms with E-state index in [9.17, 15) is 19.8 Å². The fourth-order valence-corrected chi connectivity index (χ4v) is 5.96. The van der Waals surface area contributed by atoms with Crippen molar-refractivity contribution in [3.63, 3.8) is 0 Å². The lowest BCUT2D eigenvalue weighted by atomic mass is 9.84. The minimum atomic E-state index is -0.901. The van der Waals surface area contributed by atoms with Gasteiger partial charge in [-0.25, -0.2) is 0 Å². The molecule has 3 atom stereocenters. The lowest BCUT2D eigenvalue weighted by Gasteiger charge is -2.30. The zero-order valence-electron chi connectivity index (χ0n) is 25.0. The van der Waals surface area contributed by atoms with Crippen LogP contribution in [0.4, 0.5) is 0 Å². The molecule has 1 fully saturated rings. The van der Waals surface area contributed by atoms with Crippen LogP contribution in [-0.4, -0.2) is 103 Å².